The van der Waals surface area contributed by atoms with E-state index in [1.807, 2.05) is 18.2 Å². The summed E-state index contributed by atoms with van der Waals surface area (Å²) < 4.78 is 24.0. The molecule has 28 heavy (non-hydrogen) atoms. The standard InChI is InChI=1S/C21H28FN3O2.HI/c1-4-13-27-19-10-7-17(14-20(19)26-3)15-25-21(23-2)24-12-11-16-5-8-18(22)9-6-16;/h5-10,14H,4,11-13,15H2,1-3H3,(H2,23,24,25);1H. The Labute approximate surface area is 183 Å². The molecule has 2 aromatic rings. The summed E-state index contributed by atoms with van der Waals surface area (Å²) >= 11 is 0. The Morgan fingerprint density at radius 2 is 1.75 bits per heavy atom. The van der Waals surface area contributed by atoms with Gasteiger partial charge < -0.3 is 20.1 Å². The maximum atomic E-state index is 12.9. The molecule has 0 aromatic heterocycles. The molecule has 0 saturated carbocycles. The summed E-state index contributed by atoms with van der Waals surface area (Å²) in [6.07, 6.45) is 1.74. The molecule has 0 aliphatic heterocycles. The van der Waals surface area contributed by atoms with Crippen molar-refractivity contribution in [3.05, 3.63) is 59.4 Å². The number of nitrogens with zero attached hydrogens (tertiary/aromatic N) is 1. The Balaban J connectivity index is 0.00000392. The second-order valence-electron chi connectivity index (χ2n) is 6.06. The predicted molar refractivity (Wildman–Crippen MR) is 123 cm³/mol. The lowest BCUT2D eigenvalue weighted by Crippen LogP contribution is -2.37. The predicted octanol–water partition coefficient (Wildman–Crippen LogP) is 4.15. The molecule has 0 fully saturated rings. The molecule has 0 unspecified atom stereocenters. The fraction of sp³-hybridized carbons (Fsp3) is 0.381. The molecule has 0 bridgehead atoms. The number of ether oxygens (including phenoxy) is 2. The average Bonchev–Trinajstić information content (AvgIpc) is 2.70. The van der Waals surface area contributed by atoms with Gasteiger partial charge in [0.2, 0.25) is 0 Å². The minimum absolute atomic E-state index is 0. The molecular weight excluding hydrogens is 472 g/mol. The summed E-state index contributed by atoms with van der Waals surface area (Å²) in [7, 11) is 3.37. The van der Waals surface area contributed by atoms with E-state index in [1.54, 1.807) is 26.3 Å². The van der Waals surface area contributed by atoms with Crippen LogP contribution >= 0.6 is 24.0 Å². The van der Waals surface area contributed by atoms with E-state index < -0.39 is 0 Å². The van der Waals surface area contributed by atoms with E-state index in [2.05, 4.69) is 22.5 Å². The topological polar surface area (TPSA) is 54.9 Å². The Kier molecular flexibility index (Phi) is 11.3. The van der Waals surface area contributed by atoms with Crippen LogP contribution in [0.4, 0.5) is 4.39 Å². The van der Waals surface area contributed by atoms with Crippen molar-refractivity contribution in [2.75, 3.05) is 27.3 Å². The molecule has 2 N–H and O–H groups in total. The van der Waals surface area contributed by atoms with E-state index in [-0.39, 0.29) is 29.8 Å². The van der Waals surface area contributed by atoms with Crippen LogP contribution in [0, 0.1) is 5.82 Å². The third-order valence-electron chi connectivity index (χ3n) is 3.99. The molecule has 0 saturated heterocycles. The highest BCUT2D eigenvalue weighted by Crippen LogP contribution is 2.28. The monoisotopic (exact) mass is 501 g/mol. The Morgan fingerprint density at radius 1 is 1.04 bits per heavy atom. The minimum atomic E-state index is -0.217. The molecule has 0 heterocycles. The molecule has 0 atom stereocenters. The maximum Gasteiger partial charge on any atom is 0.191 e. The number of hydrogen-bond donors (Lipinski definition) is 2. The highest BCUT2D eigenvalue weighted by Gasteiger charge is 2.06. The molecule has 0 aliphatic rings. The summed E-state index contributed by atoms with van der Waals surface area (Å²) in [6.45, 7) is 4.05. The van der Waals surface area contributed by atoms with Crippen LogP contribution in [-0.4, -0.2) is 33.3 Å². The summed E-state index contributed by atoms with van der Waals surface area (Å²) in [5, 5.41) is 6.54. The quantitative estimate of drug-likeness (QED) is 0.308. The number of rotatable bonds is 9. The number of halogens is 2. The third-order valence-corrected chi connectivity index (χ3v) is 3.99. The summed E-state index contributed by atoms with van der Waals surface area (Å²) in [5.41, 5.74) is 2.14. The van der Waals surface area contributed by atoms with Crippen molar-refractivity contribution in [1.29, 1.82) is 0 Å². The van der Waals surface area contributed by atoms with Crippen LogP contribution in [-0.2, 0) is 13.0 Å². The molecule has 5 nitrogen and oxygen atoms in total. The van der Waals surface area contributed by atoms with Gasteiger partial charge in [0.15, 0.2) is 17.5 Å². The van der Waals surface area contributed by atoms with Crippen LogP contribution in [0.5, 0.6) is 11.5 Å². The molecule has 2 rings (SSSR count). The summed E-state index contributed by atoms with van der Waals surface area (Å²) in [6, 6.07) is 12.4. The van der Waals surface area contributed by atoms with Crippen LogP contribution < -0.4 is 20.1 Å². The van der Waals surface area contributed by atoms with Crippen molar-refractivity contribution < 1.29 is 13.9 Å². The molecular formula is C21H29FIN3O2. The SMILES string of the molecule is CCCOc1ccc(CNC(=NC)NCCc2ccc(F)cc2)cc1OC.I. The third kappa shape index (κ3) is 7.92. The van der Waals surface area contributed by atoms with Gasteiger partial charge in [-0.05, 0) is 48.2 Å². The van der Waals surface area contributed by atoms with Crippen molar-refractivity contribution in [3.63, 3.8) is 0 Å². The van der Waals surface area contributed by atoms with E-state index in [0.717, 1.165) is 35.5 Å². The normalized spacial score (nSPS) is 10.8. The Morgan fingerprint density at radius 3 is 2.39 bits per heavy atom. The number of aliphatic imine (C=N–C) groups is 1. The van der Waals surface area contributed by atoms with Crippen LogP contribution in [0.2, 0.25) is 0 Å². The van der Waals surface area contributed by atoms with Gasteiger partial charge in [0.25, 0.3) is 0 Å². The van der Waals surface area contributed by atoms with E-state index in [1.165, 1.54) is 12.1 Å². The van der Waals surface area contributed by atoms with Gasteiger partial charge >= 0.3 is 0 Å². The van der Waals surface area contributed by atoms with E-state index in [4.69, 9.17) is 9.47 Å². The lowest BCUT2D eigenvalue weighted by molar-refractivity contribution is 0.294. The van der Waals surface area contributed by atoms with Crippen LogP contribution in [0.15, 0.2) is 47.5 Å². The number of nitrogens with one attached hydrogen (secondary N) is 2. The van der Waals surface area contributed by atoms with Crippen molar-refractivity contribution in [3.8, 4) is 11.5 Å². The fourth-order valence-electron chi connectivity index (χ4n) is 2.54. The average molecular weight is 501 g/mol. The zero-order valence-corrected chi connectivity index (χ0v) is 19.0. The van der Waals surface area contributed by atoms with Crippen molar-refractivity contribution in [1.82, 2.24) is 10.6 Å². The zero-order chi connectivity index (χ0) is 19.5. The molecule has 0 aliphatic carbocycles. The number of benzene rings is 2. The molecule has 0 amide bonds. The number of hydrogen-bond acceptors (Lipinski definition) is 3. The largest absolute Gasteiger partial charge is 0.493 e. The Hall–Kier alpha value is -2.03. The summed E-state index contributed by atoms with van der Waals surface area (Å²) in [4.78, 5) is 4.23. The zero-order valence-electron chi connectivity index (χ0n) is 16.6. The van der Waals surface area contributed by atoms with Gasteiger partial charge in [0.05, 0.1) is 13.7 Å². The number of methoxy groups -OCH3 is 1. The van der Waals surface area contributed by atoms with E-state index >= 15 is 0 Å². The molecule has 2 aromatic carbocycles. The first-order valence-electron chi connectivity index (χ1n) is 9.15. The van der Waals surface area contributed by atoms with Crippen LogP contribution in [0.1, 0.15) is 24.5 Å². The first-order chi connectivity index (χ1) is 13.2. The lowest BCUT2D eigenvalue weighted by Gasteiger charge is -2.14. The first kappa shape index (κ1) is 24.0. The van der Waals surface area contributed by atoms with Gasteiger partial charge in [-0.3, -0.25) is 4.99 Å². The van der Waals surface area contributed by atoms with Crippen molar-refractivity contribution in [2.24, 2.45) is 4.99 Å². The highest BCUT2D eigenvalue weighted by molar-refractivity contribution is 14.0. The van der Waals surface area contributed by atoms with Gasteiger partial charge in [-0.1, -0.05) is 25.1 Å². The first-order valence-corrected chi connectivity index (χ1v) is 9.15. The lowest BCUT2D eigenvalue weighted by atomic mass is 10.1. The van der Waals surface area contributed by atoms with Gasteiger partial charge in [-0.2, -0.15) is 0 Å². The summed E-state index contributed by atoms with van der Waals surface area (Å²) in [5.74, 6) is 1.97. The van der Waals surface area contributed by atoms with Gasteiger partial charge in [0.1, 0.15) is 5.82 Å². The smallest absolute Gasteiger partial charge is 0.191 e. The van der Waals surface area contributed by atoms with Gasteiger partial charge in [-0.15, -0.1) is 24.0 Å². The van der Waals surface area contributed by atoms with Gasteiger partial charge in [-0.25, -0.2) is 4.39 Å². The second kappa shape index (κ2) is 13.2. The second-order valence-corrected chi connectivity index (χ2v) is 6.06. The van der Waals surface area contributed by atoms with E-state index in [9.17, 15) is 4.39 Å². The molecule has 0 radical (unpaired) electrons. The van der Waals surface area contributed by atoms with Gasteiger partial charge in [0, 0.05) is 20.1 Å². The van der Waals surface area contributed by atoms with Crippen LogP contribution in [0.25, 0.3) is 0 Å². The van der Waals surface area contributed by atoms with Crippen LogP contribution in [0.3, 0.4) is 0 Å². The Bertz CT molecular complexity index is 739. The maximum absolute atomic E-state index is 12.9. The highest BCUT2D eigenvalue weighted by atomic mass is 127. The minimum Gasteiger partial charge on any atom is -0.493 e. The molecule has 7 heteroatoms. The van der Waals surface area contributed by atoms with E-state index in [0.29, 0.717) is 25.7 Å². The molecule has 154 valence electrons. The number of guanidine groups is 1. The molecule has 0 spiro atoms. The fourth-order valence-corrected chi connectivity index (χ4v) is 2.54. The van der Waals surface area contributed by atoms with Crippen molar-refractivity contribution in [2.45, 2.75) is 26.3 Å². The van der Waals surface area contributed by atoms with Crippen molar-refractivity contribution >= 4 is 29.9 Å².